The first kappa shape index (κ1) is 23.0. The van der Waals surface area contributed by atoms with Crippen LogP contribution in [-0.2, 0) is 21.4 Å². The minimum Gasteiger partial charge on any atom is -0.353 e. The van der Waals surface area contributed by atoms with E-state index >= 15 is 0 Å². The number of amides is 1. The van der Waals surface area contributed by atoms with Crippen LogP contribution in [0.5, 0.6) is 0 Å². The summed E-state index contributed by atoms with van der Waals surface area (Å²) in [5.74, 6) is 0.692. The molecule has 31 heavy (non-hydrogen) atoms. The number of nitrogens with zero attached hydrogens (tertiary/aromatic N) is 2. The molecule has 3 aromatic rings. The maximum atomic E-state index is 12.9. The van der Waals surface area contributed by atoms with E-state index in [1.807, 2.05) is 56.5 Å². The fourth-order valence-corrected chi connectivity index (χ4v) is 4.75. The van der Waals surface area contributed by atoms with Crippen molar-refractivity contribution in [1.82, 2.24) is 19.6 Å². The molecule has 2 aromatic carbocycles. The average Bonchev–Trinajstić information content (AvgIpc) is 3.02. The largest absolute Gasteiger partial charge is 0.353 e. The maximum absolute atomic E-state index is 12.9. The second-order valence-corrected chi connectivity index (χ2v) is 9.92. The highest BCUT2D eigenvalue weighted by Gasteiger charge is 2.26. The van der Waals surface area contributed by atoms with Gasteiger partial charge in [-0.25, -0.2) is 13.4 Å². The van der Waals surface area contributed by atoms with Crippen molar-refractivity contribution < 1.29 is 13.2 Å². The van der Waals surface area contributed by atoms with Gasteiger partial charge in [0, 0.05) is 13.1 Å². The molecule has 3 rings (SSSR count). The van der Waals surface area contributed by atoms with Gasteiger partial charge in [0.05, 0.1) is 15.9 Å². The van der Waals surface area contributed by atoms with Gasteiger partial charge in [-0.05, 0) is 50.5 Å². The van der Waals surface area contributed by atoms with Crippen LogP contribution in [0.4, 0.5) is 0 Å². The summed E-state index contributed by atoms with van der Waals surface area (Å²) in [5.41, 5.74) is 2.89. The Kier molecular flexibility index (Phi) is 7.12. The summed E-state index contributed by atoms with van der Waals surface area (Å²) in [5, 5.41) is 2.89. The lowest BCUT2D eigenvalue weighted by molar-refractivity contribution is -0.123. The van der Waals surface area contributed by atoms with Crippen molar-refractivity contribution >= 4 is 27.0 Å². The maximum Gasteiger partial charge on any atom is 0.241 e. The van der Waals surface area contributed by atoms with Crippen LogP contribution in [0.25, 0.3) is 11.0 Å². The first-order valence-corrected chi connectivity index (χ1v) is 11.9. The fourth-order valence-electron chi connectivity index (χ4n) is 3.55. The summed E-state index contributed by atoms with van der Waals surface area (Å²) >= 11 is 0. The molecule has 0 spiro atoms. The van der Waals surface area contributed by atoms with Crippen molar-refractivity contribution in [2.45, 2.75) is 51.6 Å². The molecule has 1 amide bonds. The molecule has 2 N–H and O–H groups in total. The highest BCUT2D eigenvalue weighted by atomic mass is 32.2. The van der Waals surface area contributed by atoms with Gasteiger partial charge in [-0.2, -0.15) is 4.72 Å². The topological polar surface area (TPSA) is 93.1 Å². The second kappa shape index (κ2) is 9.62. The number of rotatable bonds is 9. The molecule has 0 aliphatic heterocycles. The van der Waals surface area contributed by atoms with E-state index in [-0.39, 0.29) is 16.7 Å². The van der Waals surface area contributed by atoms with E-state index in [4.69, 9.17) is 0 Å². The number of sulfonamides is 1. The van der Waals surface area contributed by atoms with E-state index < -0.39 is 16.1 Å². The lowest BCUT2D eigenvalue weighted by atomic mass is 10.0. The third kappa shape index (κ3) is 5.71. The molecule has 0 aliphatic rings. The van der Waals surface area contributed by atoms with E-state index in [1.165, 1.54) is 0 Å². The summed E-state index contributed by atoms with van der Waals surface area (Å²) in [6.45, 7) is 8.67. The van der Waals surface area contributed by atoms with Crippen LogP contribution >= 0.6 is 0 Å². The van der Waals surface area contributed by atoms with Crippen LogP contribution in [-0.4, -0.2) is 36.5 Å². The van der Waals surface area contributed by atoms with E-state index in [1.54, 1.807) is 24.3 Å². The van der Waals surface area contributed by atoms with E-state index in [2.05, 4.69) is 15.0 Å². The molecule has 0 bridgehead atoms. The van der Waals surface area contributed by atoms with Gasteiger partial charge in [-0.15, -0.1) is 0 Å². The van der Waals surface area contributed by atoms with E-state index in [0.29, 0.717) is 19.5 Å². The molecular formula is C23H30N4O3S. The number of fused-ring (bicyclic) bond motifs is 1. The first-order chi connectivity index (χ1) is 14.7. The predicted molar refractivity (Wildman–Crippen MR) is 122 cm³/mol. The Hall–Kier alpha value is -2.71. The zero-order chi connectivity index (χ0) is 22.6. The molecule has 0 radical (unpaired) electrons. The van der Waals surface area contributed by atoms with Gasteiger partial charge < -0.3 is 9.88 Å². The molecule has 1 heterocycles. The highest BCUT2D eigenvalue weighted by molar-refractivity contribution is 7.89. The number of hydrogen-bond acceptors (Lipinski definition) is 4. The Balaban J connectivity index is 1.68. The second-order valence-electron chi connectivity index (χ2n) is 8.21. The number of nitrogens with one attached hydrogen (secondary N) is 2. The molecule has 0 saturated heterocycles. The number of imidazole rings is 1. The van der Waals surface area contributed by atoms with Gasteiger partial charge in [-0.1, -0.05) is 43.7 Å². The van der Waals surface area contributed by atoms with Crippen molar-refractivity contribution in [2.75, 3.05) is 6.54 Å². The van der Waals surface area contributed by atoms with Crippen LogP contribution in [0.3, 0.4) is 0 Å². The Bertz CT molecular complexity index is 1150. The molecule has 8 heteroatoms. The summed E-state index contributed by atoms with van der Waals surface area (Å²) in [4.78, 5) is 17.5. The molecule has 0 saturated carbocycles. The summed E-state index contributed by atoms with van der Waals surface area (Å²) < 4.78 is 30.2. The van der Waals surface area contributed by atoms with E-state index in [9.17, 15) is 13.2 Å². The summed E-state index contributed by atoms with van der Waals surface area (Å²) in [7, 11) is -3.80. The highest BCUT2D eigenvalue weighted by Crippen LogP contribution is 2.16. The number of benzene rings is 2. The standard InChI is InChI=1S/C23H30N4O3S/c1-16(2)15-21(26-31(29,30)19-11-9-17(3)10-12-19)23(28)24-13-14-27-18(4)25-20-7-5-6-8-22(20)27/h5-12,16,21,26H,13-15H2,1-4H3,(H,24,28). The molecule has 0 aliphatic carbocycles. The number of carbonyl (C=O) groups is 1. The minimum absolute atomic E-state index is 0.149. The Morgan fingerprint density at radius 3 is 2.42 bits per heavy atom. The van der Waals surface area contributed by atoms with Gasteiger partial charge in [0.25, 0.3) is 0 Å². The Morgan fingerprint density at radius 2 is 1.74 bits per heavy atom. The minimum atomic E-state index is -3.80. The summed E-state index contributed by atoms with van der Waals surface area (Å²) in [6.07, 6.45) is 0.407. The third-order valence-electron chi connectivity index (χ3n) is 5.13. The number of hydrogen-bond donors (Lipinski definition) is 2. The van der Waals surface area contributed by atoms with Crippen molar-refractivity contribution in [3.63, 3.8) is 0 Å². The van der Waals surface area contributed by atoms with Crippen LogP contribution in [0.15, 0.2) is 53.4 Å². The number of aryl methyl sites for hydroxylation is 2. The third-order valence-corrected chi connectivity index (χ3v) is 6.62. The average molecular weight is 443 g/mol. The Labute approximate surface area is 183 Å². The van der Waals surface area contributed by atoms with Crippen LogP contribution in [0, 0.1) is 19.8 Å². The molecule has 1 unspecified atom stereocenters. The van der Waals surface area contributed by atoms with Crippen molar-refractivity contribution in [3.8, 4) is 0 Å². The first-order valence-electron chi connectivity index (χ1n) is 10.5. The quantitative estimate of drug-likeness (QED) is 0.532. The SMILES string of the molecule is Cc1ccc(S(=O)(=O)NC(CC(C)C)C(=O)NCCn2c(C)nc3ccccc32)cc1. The lowest BCUT2D eigenvalue weighted by Crippen LogP contribution is -2.47. The van der Waals surface area contributed by atoms with E-state index in [0.717, 1.165) is 22.4 Å². The molecule has 166 valence electrons. The van der Waals surface area contributed by atoms with Gasteiger partial charge in [0.1, 0.15) is 11.9 Å². The normalized spacial score (nSPS) is 12.9. The van der Waals surface area contributed by atoms with Gasteiger partial charge in [0.2, 0.25) is 15.9 Å². The molecule has 1 atom stereocenters. The number of carbonyl (C=O) groups excluding carboxylic acids is 1. The fraction of sp³-hybridized carbons (Fsp3) is 0.391. The van der Waals surface area contributed by atoms with Crippen molar-refractivity contribution in [1.29, 1.82) is 0 Å². The van der Waals surface area contributed by atoms with Gasteiger partial charge in [-0.3, -0.25) is 4.79 Å². The van der Waals surface area contributed by atoms with Crippen molar-refractivity contribution in [3.05, 3.63) is 59.9 Å². The van der Waals surface area contributed by atoms with Gasteiger partial charge in [0.15, 0.2) is 0 Å². The lowest BCUT2D eigenvalue weighted by Gasteiger charge is -2.20. The monoisotopic (exact) mass is 442 g/mol. The number of aromatic nitrogens is 2. The molecule has 0 fully saturated rings. The van der Waals surface area contributed by atoms with Crippen LogP contribution in [0.1, 0.15) is 31.7 Å². The molecule has 1 aromatic heterocycles. The molecule has 7 nitrogen and oxygen atoms in total. The number of para-hydroxylation sites is 2. The van der Waals surface area contributed by atoms with Crippen LogP contribution in [0.2, 0.25) is 0 Å². The zero-order valence-corrected chi connectivity index (χ0v) is 19.2. The Morgan fingerprint density at radius 1 is 1.06 bits per heavy atom. The van der Waals surface area contributed by atoms with Crippen molar-refractivity contribution in [2.24, 2.45) is 5.92 Å². The van der Waals surface area contributed by atoms with Crippen LogP contribution < -0.4 is 10.0 Å². The smallest absolute Gasteiger partial charge is 0.241 e. The zero-order valence-electron chi connectivity index (χ0n) is 18.4. The van der Waals surface area contributed by atoms with Gasteiger partial charge >= 0.3 is 0 Å². The summed E-state index contributed by atoms with van der Waals surface area (Å²) in [6, 6.07) is 13.6. The predicted octanol–water partition coefficient (Wildman–Crippen LogP) is 3.16. The molecular weight excluding hydrogens is 412 g/mol.